The van der Waals surface area contributed by atoms with Gasteiger partial charge in [0, 0.05) is 13.1 Å². The fraction of sp³-hybridized carbons (Fsp3) is 0.889. The van der Waals surface area contributed by atoms with Crippen LogP contribution in [-0.2, 0) is 4.74 Å². The Hall–Kier alpha value is -0.810. The zero-order valence-electron chi connectivity index (χ0n) is 8.83. The molecule has 0 unspecified atom stereocenters. The van der Waals surface area contributed by atoms with Crippen molar-refractivity contribution in [3.05, 3.63) is 0 Å². The average molecular weight is 202 g/mol. The van der Waals surface area contributed by atoms with Gasteiger partial charge in [-0.25, -0.2) is 4.79 Å². The van der Waals surface area contributed by atoms with E-state index in [-0.39, 0.29) is 6.04 Å². The normalized spacial score (nSPS) is 27.4. The van der Waals surface area contributed by atoms with E-state index in [9.17, 15) is 9.90 Å². The molecule has 1 fully saturated rings. The number of aliphatic hydroxyl groups is 1. The summed E-state index contributed by atoms with van der Waals surface area (Å²) in [6.45, 7) is 6.50. The van der Waals surface area contributed by atoms with Gasteiger partial charge in [0.1, 0.15) is 5.60 Å². The second-order valence-electron chi connectivity index (χ2n) is 4.48. The topological polar surface area (TPSA) is 70.6 Å². The fourth-order valence-corrected chi connectivity index (χ4v) is 1.27. The summed E-state index contributed by atoms with van der Waals surface area (Å²) in [5.41, 5.74) is -0.499. The van der Waals surface area contributed by atoms with E-state index >= 15 is 0 Å². The van der Waals surface area contributed by atoms with Crippen LogP contribution in [0.1, 0.15) is 20.8 Å². The standard InChI is InChI=1S/C9H18N2O3/c1-9(2,3)14-8(13)11-6-4-10-5-7(6)12/h6-7,10,12H,4-5H2,1-3H3,(H,11,13)/t6-,7+/m0/s1. The number of carbonyl (C=O) groups excluding carboxylic acids is 1. The zero-order valence-corrected chi connectivity index (χ0v) is 8.83. The Kier molecular flexibility index (Phi) is 3.34. The Bertz CT molecular complexity index is 213. The number of ether oxygens (including phenoxy) is 1. The molecule has 0 aromatic carbocycles. The number of hydrogen-bond donors (Lipinski definition) is 3. The summed E-state index contributed by atoms with van der Waals surface area (Å²) in [5, 5.41) is 15.0. The third kappa shape index (κ3) is 3.51. The van der Waals surface area contributed by atoms with Gasteiger partial charge in [-0.3, -0.25) is 0 Å². The molecule has 0 aliphatic carbocycles. The molecular formula is C9H18N2O3. The molecule has 1 aliphatic heterocycles. The molecule has 0 aromatic heterocycles. The first-order valence-corrected chi connectivity index (χ1v) is 4.77. The molecule has 1 amide bonds. The van der Waals surface area contributed by atoms with Crippen molar-refractivity contribution in [3.8, 4) is 0 Å². The third-order valence-corrected chi connectivity index (χ3v) is 1.88. The summed E-state index contributed by atoms with van der Waals surface area (Å²) in [6.07, 6.45) is -1.01. The van der Waals surface area contributed by atoms with E-state index in [1.165, 1.54) is 0 Å². The summed E-state index contributed by atoms with van der Waals surface area (Å²) in [7, 11) is 0. The lowest BCUT2D eigenvalue weighted by Crippen LogP contribution is -2.45. The van der Waals surface area contributed by atoms with Gasteiger partial charge in [-0.15, -0.1) is 0 Å². The number of nitrogens with one attached hydrogen (secondary N) is 2. The highest BCUT2D eigenvalue weighted by atomic mass is 16.6. The minimum absolute atomic E-state index is 0.246. The predicted molar refractivity (Wildman–Crippen MR) is 52.0 cm³/mol. The van der Waals surface area contributed by atoms with Crippen LogP contribution in [0.25, 0.3) is 0 Å². The first-order valence-electron chi connectivity index (χ1n) is 4.77. The molecule has 1 aliphatic rings. The monoisotopic (exact) mass is 202 g/mol. The number of aliphatic hydroxyl groups excluding tert-OH is 1. The number of alkyl carbamates (subject to hydrolysis) is 1. The van der Waals surface area contributed by atoms with Gasteiger partial charge in [0.15, 0.2) is 0 Å². The number of carbonyl (C=O) groups is 1. The second-order valence-corrected chi connectivity index (χ2v) is 4.48. The van der Waals surface area contributed by atoms with Crippen molar-refractivity contribution in [3.63, 3.8) is 0 Å². The lowest BCUT2D eigenvalue weighted by Gasteiger charge is -2.22. The highest BCUT2D eigenvalue weighted by Crippen LogP contribution is 2.07. The van der Waals surface area contributed by atoms with Crippen molar-refractivity contribution in [1.82, 2.24) is 10.6 Å². The molecule has 82 valence electrons. The molecule has 3 N–H and O–H groups in total. The Morgan fingerprint density at radius 3 is 2.57 bits per heavy atom. The van der Waals surface area contributed by atoms with E-state index in [2.05, 4.69) is 10.6 Å². The summed E-state index contributed by atoms with van der Waals surface area (Å²) in [4.78, 5) is 11.3. The van der Waals surface area contributed by atoms with Crippen LogP contribution >= 0.6 is 0 Å². The summed E-state index contributed by atoms with van der Waals surface area (Å²) in [5.74, 6) is 0. The third-order valence-electron chi connectivity index (χ3n) is 1.88. The van der Waals surface area contributed by atoms with Crippen LogP contribution in [0.2, 0.25) is 0 Å². The van der Waals surface area contributed by atoms with Crippen LogP contribution in [0, 0.1) is 0 Å². The Morgan fingerprint density at radius 2 is 2.14 bits per heavy atom. The predicted octanol–water partition coefficient (Wildman–Crippen LogP) is -0.156. The molecule has 0 bridgehead atoms. The molecule has 5 heteroatoms. The molecule has 1 rings (SSSR count). The van der Waals surface area contributed by atoms with E-state index in [1.54, 1.807) is 20.8 Å². The van der Waals surface area contributed by atoms with Crippen molar-refractivity contribution in [2.75, 3.05) is 13.1 Å². The quantitative estimate of drug-likeness (QED) is 0.553. The highest BCUT2D eigenvalue weighted by molar-refractivity contribution is 5.68. The molecule has 5 nitrogen and oxygen atoms in total. The van der Waals surface area contributed by atoms with Gasteiger partial charge < -0.3 is 20.5 Å². The van der Waals surface area contributed by atoms with Crippen molar-refractivity contribution in [1.29, 1.82) is 0 Å². The summed E-state index contributed by atoms with van der Waals surface area (Å²) >= 11 is 0. The highest BCUT2D eigenvalue weighted by Gasteiger charge is 2.28. The van der Waals surface area contributed by atoms with Crippen LogP contribution < -0.4 is 10.6 Å². The van der Waals surface area contributed by atoms with Crippen LogP contribution in [0.3, 0.4) is 0 Å². The number of β-amino-alcohol motifs (C(OH)–C–C–N with tert-alkyl or cyclic N) is 1. The van der Waals surface area contributed by atoms with Gasteiger partial charge in [0.25, 0.3) is 0 Å². The minimum atomic E-state index is -0.525. The Morgan fingerprint density at radius 1 is 1.50 bits per heavy atom. The average Bonchev–Trinajstić information content (AvgIpc) is 2.32. The fourth-order valence-electron chi connectivity index (χ4n) is 1.27. The molecule has 0 radical (unpaired) electrons. The van der Waals surface area contributed by atoms with Crippen LogP contribution in [0.5, 0.6) is 0 Å². The molecule has 14 heavy (non-hydrogen) atoms. The molecule has 0 aromatic rings. The lowest BCUT2D eigenvalue weighted by atomic mass is 10.2. The molecule has 2 atom stereocenters. The van der Waals surface area contributed by atoms with Gasteiger partial charge in [0.05, 0.1) is 12.1 Å². The van der Waals surface area contributed by atoms with Crippen molar-refractivity contribution < 1.29 is 14.6 Å². The van der Waals surface area contributed by atoms with E-state index < -0.39 is 17.8 Å². The smallest absolute Gasteiger partial charge is 0.408 e. The largest absolute Gasteiger partial charge is 0.444 e. The molecule has 0 saturated carbocycles. The molecular weight excluding hydrogens is 184 g/mol. The number of rotatable bonds is 1. The summed E-state index contributed by atoms with van der Waals surface area (Å²) < 4.78 is 5.06. The maximum atomic E-state index is 11.3. The number of amides is 1. The minimum Gasteiger partial charge on any atom is -0.444 e. The van der Waals surface area contributed by atoms with E-state index in [0.717, 1.165) is 0 Å². The molecule has 1 saturated heterocycles. The van der Waals surface area contributed by atoms with E-state index in [1.807, 2.05) is 0 Å². The SMILES string of the molecule is CC(C)(C)OC(=O)N[C@H]1CNC[C@H]1O. The lowest BCUT2D eigenvalue weighted by molar-refractivity contribution is 0.0461. The van der Waals surface area contributed by atoms with E-state index in [0.29, 0.717) is 13.1 Å². The first-order chi connectivity index (χ1) is 6.38. The Balaban J connectivity index is 2.33. The molecule has 0 spiro atoms. The maximum absolute atomic E-state index is 11.3. The van der Waals surface area contributed by atoms with Gasteiger partial charge in [-0.2, -0.15) is 0 Å². The van der Waals surface area contributed by atoms with Gasteiger partial charge in [-0.05, 0) is 20.8 Å². The molecule has 1 heterocycles. The van der Waals surface area contributed by atoms with Gasteiger partial charge in [-0.1, -0.05) is 0 Å². The number of hydrogen-bond acceptors (Lipinski definition) is 4. The Labute approximate surface area is 83.8 Å². The van der Waals surface area contributed by atoms with Crippen molar-refractivity contribution in [2.45, 2.75) is 38.5 Å². The van der Waals surface area contributed by atoms with Crippen LogP contribution in [-0.4, -0.2) is 42.0 Å². The second kappa shape index (κ2) is 4.14. The van der Waals surface area contributed by atoms with Crippen LogP contribution in [0.15, 0.2) is 0 Å². The van der Waals surface area contributed by atoms with Crippen LogP contribution in [0.4, 0.5) is 4.79 Å². The first kappa shape index (κ1) is 11.3. The van der Waals surface area contributed by atoms with Crippen molar-refractivity contribution in [2.24, 2.45) is 0 Å². The summed E-state index contributed by atoms with van der Waals surface area (Å²) in [6, 6.07) is -0.246. The van der Waals surface area contributed by atoms with Gasteiger partial charge in [0.2, 0.25) is 0 Å². The maximum Gasteiger partial charge on any atom is 0.408 e. The van der Waals surface area contributed by atoms with Crippen molar-refractivity contribution >= 4 is 6.09 Å². The zero-order chi connectivity index (χ0) is 10.8. The van der Waals surface area contributed by atoms with Gasteiger partial charge >= 0.3 is 6.09 Å². The van der Waals surface area contributed by atoms with E-state index in [4.69, 9.17) is 4.74 Å².